The van der Waals surface area contributed by atoms with E-state index in [4.69, 9.17) is 0 Å². The zero-order chi connectivity index (χ0) is 21.8. The predicted molar refractivity (Wildman–Crippen MR) is 84.4 cm³/mol. The molecule has 0 aliphatic heterocycles. The molecule has 1 aromatic rings. The normalized spacial score (nSPS) is 11.9. The van der Waals surface area contributed by atoms with Crippen LogP contribution in [0, 0.1) is 29.1 Å². The van der Waals surface area contributed by atoms with Crippen LogP contribution in [0.15, 0.2) is 23.4 Å². The van der Waals surface area contributed by atoms with Gasteiger partial charge in [0.1, 0.15) is 0 Å². The molecule has 28 heavy (non-hydrogen) atoms. The second kappa shape index (κ2) is 9.11. The Labute approximate surface area is 155 Å². The molecule has 0 fully saturated rings. The summed E-state index contributed by atoms with van der Waals surface area (Å²) in [7, 11) is 4.70. The van der Waals surface area contributed by atoms with Gasteiger partial charge in [-0.05, 0) is 0 Å². The van der Waals surface area contributed by atoms with Crippen LogP contribution in [-0.2, 0) is 19.1 Å². The number of benzene rings is 1. The van der Waals surface area contributed by atoms with Gasteiger partial charge in [0, 0.05) is 26.4 Å². The third kappa shape index (κ3) is 4.53. The van der Waals surface area contributed by atoms with Gasteiger partial charge in [-0.3, -0.25) is 4.79 Å². The molecule has 1 rings (SSSR count). The van der Waals surface area contributed by atoms with Crippen molar-refractivity contribution >= 4 is 17.7 Å². The van der Waals surface area contributed by atoms with Crippen LogP contribution in [0.3, 0.4) is 0 Å². The maximum absolute atomic E-state index is 13.8. The maximum Gasteiger partial charge on any atom is 0.340 e. The standard InChI is InChI=1S/C17H14F5NO5/c1-23(2)6-8(17(26)28-4)7(16(25)27-3)5-9(24)10-11(18)13(20)15(22)14(21)12(10)19/h5-6H,1-4H3/b7-5+,8-6+. The highest BCUT2D eigenvalue weighted by molar-refractivity contribution is 6.14. The van der Waals surface area contributed by atoms with Gasteiger partial charge in [0.05, 0.1) is 30.9 Å². The molecule has 0 heterocycles. The van der Waals surface area contributed by atoms with Crippen molar-refractivity contribution in [3.05, 3.63) is 58.1 Å². The first-order valence-corrected chi connectivity index (χ1v) is 7.30. The van der Waals surface area contributed by atoms with Crippen molar-refractivity contribution in [3.63, 3.8) is 0 Å². The quantitative estimate of drug-likeness (QED) is 0.137. The van der Waals surface area contributed by atoms with Gasteiger partial charge >= 0.3 is 11.9 Å². The van der Waals surface area contributed by atoms with E-state index >= 15 is 0 Å². The van der Waals surface area contributed by atoms with Gasteiger partial charge in [-0.15, -0.1) is 0 Å². The van der Waals surface area contributed by atoms with Gasteiger partial charge < -0.3 is 14.4 Å². The molecule has 6 nitrogen and oxygen atoms in total. The highest BCUT2D eigenvalue weighted by Gasteiger charge is 2.31. The highest BCUT2D eigenvalue weighted by Crippen LogP contribution is 2.25. The van der Waals surface area contributed by atoms with Crippen molar-refractivity contribution < 1.29 is 45.8 Å². The highest BCUT2D eigenvalue weighted by atomic mass is 19.2. The van der Waals surface area contributed by atoms with E-state index in [0.29, 0.717) is 0 Å². The van der Waals surface area contributed by atoms with E-state index in [1.807, 2.05) is 0 Å². The molecule has 0 aromatic heterocycles. The fraction of sp³-hybridized carbons (Fsp3) is 0.235. The second-order valence-corrected chi connectivity index (χ2v) is 5.36. The molecule has 1 aromatic carbocycles. The van der Waals surface area contributed by atoms with Crippen LogP contribution in [-0.4, -0.2) is 50.9 Å². The molecule has 0 amide bonds. The molecule has 152 valence electrons. The molecule has 0 saturated heterocycles. The molecule has 0 atom stereocenters. The summed E-state index contributed by atoms with van der Waals surface area (Å²) >= 11 is 0. The average molecular weight is 407 g/mol. The fourth-order valence-electron chi connectivity index (χ4n) is 1.98. The van der Waals surface area contributed by atoms with Crippen molar-refractivity contribution in [1.82, 2.24) is 4.90 Å². The maximum atomic E-state index is 13.8. The zero-order valence-corrected chi connectivity index (χ0v) is 15.0. The van der Waals surface area contributed by atoms with Gasteiger partial charge in [0.15, 0.2) is 29.1 Å². The van der Waals surface area contributed by atoms with Crippen molar-refractivity contribution in [2.24, 2.45) is 0 Å². The van der Waals surface area contributed by atoms with Crippen LogP contribution in [0.2, 0.25) is 0 Å². The second-order valence-electron chi connectivity index (χ2n) is 5.36. The Hall–Kier alpha value is -3.24. The van der Waals surface area contributed by atoms with Crippen molar-refractivity contribution in [3.8, 4) is 0 Å². The monoisotopic (exact) mass is 407 g/mol. The Balaban J connectivity index is 3.73. The van der Waals surface area contributed by atoms with Gasteiger partial charge in [-0.25, -0.2) is 31.5 Å². The lowest BCUT2D eigenvalue weighted by molar-refractivity contribution is -0.139. The first-order valence-electron chi connectivity index (χ1n) is 7.30. The average Bonchev–Trinajstić information content (AvgIpc) is 2.66. The molecule has 0 N–H and O–H groups in total. The first-order chi connectivity index (χ1) is 13.0. The summed E-state index contributed by atoms with van der Waals surface area (Å²) in [5.41, 5.74) is -3.18. The van der Waals surface area contributed by atoms with Crippen LogP contribution >= 0.6 is 0 Å². The number of halogens is 5. The Bertz CT molecular complexity index is 863. The number of ether oxygens (including phenoxy) is 2. The predicted octanol–water partition coefficient (Wildman–Crippen LogP) is 2.28. The summed E-state index contributed by atoms with van der Waals surface area (Å²) in [4.78, 5) is 37.4. The largest absolute Gasteiger partial charge is 0.465 e. The number of nitrogens with zero attached hydrogens (tertiary/aromatic N) is 1. The molecular formula is C17H14F5NO5. The summed E-state index contributed by atoms with van der Waals surface area (Å²) in [5.74, 6) is -16.1. The molecule has 0 aliphatic carbocycles. The number of carbonyl (C=O) groups is 3. The Morgan fingerprint density at radius 1 is 0.750 bits per heavy atom. The minimum atomic E-state index is -2.45. The van der Waals surface area contributed by atoms with Gasteiger partial charge in [0.25, 0.3) is 0 Å². The lowest BCUT2D eigenvalue weighted by atomic mass is 10.0. The van der Waals surface area contributed by atoms with E-state index in [1.54, 1.807) is 0 Å². The van der Waals surface area contributed by atoms with Crippen LogP contribution < -0.4 is 0 Å². The minimum absolute atomic E-state index is 0.219. The summed E-state index contributed by atoms with van der Waals surface area (Å²) in [6.45, 7) is 0. The molecule has 0 spiro atoms. The molecule has 0 unspecified atom stereocenters. The summed E-state index contributed by atoms with van der Waals surface area (Å²) in [6.07, 6.45) is 1.25. The van der Waals surface area contributed by atoms with Gasteiger partial charge in [0.2, 0.25) is 5.82 Å². The van der Waals surface area contributed by atoms with E-state index < -0.39 is 63.5 Å². The van der Waals surface area contributed by atoms with E-state index in [2.05, 4.69) is 9.47 Å². The number of allylic oxidation sites excluding steroid dienone is 1. The number of ketones is 1. The van der Waals surface area contributed by atoms with Crippen LogP contribution in [0.1, 0.15) is 10.4 Å². The Morgan fingerprint density at radius 3 is 1.54 bits per heavy atom. The Morgan fingerprint density at radius 2 is 1.14 bits per heavy atom. The van der Waals surface area contributed by atoms with Gasteiger partial charge in [-0.2, -0.15) is 0 Å². The van der Waals surface area contributed by atoms with E-state index in [-0.39, 0.29) is 6.08 Å². The summed E-state index contributed by atoms with van der Waals surface area (Å²) in [5, 5.41) is 0. The number of rotatable bonds is 6. The number of hydrogen-bond acceptors (Lipinski definition) is 6. The zero-order valence-electron chi connectivity index (χ0n) is 15.0. The molecule has 11 heteroatoms. The van der Waals surface area contributed by atoms with Crippen LogP contribution in [0.4, 0.5) is 22.0 Å². The minimum Gasteiger partial charge on any atom is -0.465 e. The van der Waals surface area contributed by atoms with Crippen LogP contribution in [0.5, 0.6) is 0 Å². The lowest BCUT2D eigenvalue weighted by Gasteiger charge is -2.13. The van der Waals surface area contributed by atoms with E-state index in [9.17, 15) is 36.3 Å². The van der Waals surface area contributed by atoms with E-state index in [1.165, 1.54) is 19.0 Å². The lowest BCUT2D eigenvalue weighted by Crippen LogP contribution is -2.20. The third-order valence-electron chi connectivity index (χ3n) is 3.22. The van der Waals surface area contributed by atoms with Crippen LogP contribution in [0.25, 0.3) is 0 Å². The number of hydrogen-bond donors (Lipinski definition) is 0. The summed E-state index contributed by atoms with van der Waals surface area (Å²) < 4.78 is 76.3. The van der Waals surface area contributed by atoms with E-state index in [0.717, 1.165) is 20.4 Å². The molecule has 0 radical (unpaired) electrons. The van der Waals surface area contributed by atoms with Crippen molar-refractivity contribution in [2.45, 2.75) is 0 Å². The SMILES string of the molecule is COC(=O)C(=C/C(=O)c1c(F)c(F)c(F)c(F)c1F)/C(=C\N(C)C)C(=O)OC. The summed E-state index contributed by atoms with van der Waals surface area (Å²) in [6, 6.07) is 0. The number of esters is 2. The number of methoxy groups -OCH3 is 2. The molecular weight excluding hydrogens is 393 g/mol. The van der Waals surface area contributed by atoms with Crippen molar-refractivity contribution in [2.75, 3.05) is 28.3 Å². The molecule has 0 bridgehead atoms. The Kier molecular flexibility index (Phi) is 7.42. The smallest absolute Gasteiger partial charge is 0.340 e. The molecule has 0 aliphatic rings. The topological polar surface area (TPSA) is 72.9 Å². The number of carbonyl (C=O) groups excluding carboxylic acids is 3. The van der Waals surface area contributed by atoms with Gasteiger partial charge in [-0.1, -0.05) is 0 Å². The van der Waals surface area contributed by atoms with Crippen molar-refractivity contribution in [1.29, 1.82) is 0 Å². The first kappa shape index (κ1) is 22.8. The third-order valence-corrected chi connectivity index (χ3v) is 3.22. The molecule has 0 saturated carbocycles. The fourth-order valence-corrected chi connectivity index (χ4v) is 1.98.